The van der Waals surface area contributed by atoms with Gasteiger partial charge in [0.2, 0.25) is 10.0 Å². The minimum atomic E-state index is -4.22. The molecule has 3 N–H and O–H groups in total. The Morgan fingerprint density at radius 2 is 1.84 bits per heavy atom. The summed E-state index contributed by atoms with van der Waals surface area (Å²) in [7, 11) is -2.42. The fraction of sp³-hybridized carbons (Fsp3) is 0.455. The molecular weight excluding hydrogens is 276 g/mol. The number of nitrogen functional groups attached to an aromatic ring is 1. The van der Waals surface area contributed by atoms with Crippen molar-refractivity contribution in [2.45, 2.75) is 11.8 Å². The van der Waals surface area contributed by atoms with Crippen LogP contribution in [0.3, 0.4) is 0 Å². The summed E-state index contributed by atoms with van der Waals surface area (Å²) in [4.78, 5) is 0.860. The van der Waals surface area contributed by atoms with E-state index in [1.54, 1.807) is 7.05 Å². The second kappa shape index (κ2) is 6.27. The van der Waals surface area contributed by atoms with Gasteiger partial charge in [0.25, 0.3) is 0 Å². The topological polar surface area (TPSA) is 75.4 Å². The van der Waals surface area contributed by atoms with Crippen molar-refractivity contribution in [3.8, 4) is 0 Å². The quantitative estimate of drug-likeness (QED) is 0.760. The Hall–Kier alpha value is -1.25. The molecule has 0 saturated heterocycles. The lowest BCUT2D eigenvalue weighted by Gasteiger charge is -2.14. The van der Waals surface area contributed by atoms with Crippen molar-refractivity contribution in [1.29, 1.82) is 0 Å². The van der Waals surface area contributed by atoms with E-state index >= 15 is 0 Å². The molecule has 0 saturated carbocycles. The second-order valence-electron chi connectivity index (χ2n) is 4.11. The molecule has 0 amide bonds. The standard InChI is InChI=1S/C11H17F2N3O2S/c1-3-16(2)5-4-15-19(17,18)11-9(12)6-8(14)7-10(11)13/h6-7,15H,3-5,14H2,1-2H3. The number of hydrogen-bond donors (Lipinski definition) is 2. The highest BCUT2D eigenvalue weighted by Gasteiger charge is 2.24. The number of sulfonamides is 1. The van der Waals surface area contributed by atoms with Gasteiger partial charge < -0.3 is 10.6 Å². The number of likely N-dealkylation sites (N-methyl/N-ethyl adjacent to an activating group) is 1. The first-order valence-electron chi connectivity index (χ1n) is 5.70. The first-order chi connectivity index (χ1) is 8.77. The number of rotatable bonds is 6. The van der Waals surface area contributed by atoms with Gasteiger partial charge in [-0.1, -0.05) is 6.92 Å². The molecular formula is C11H17F2N3O2S. The molecule has 0 radical (unpaired) electrons. The van der Waals surface area contributed by atoms with E-state index in [0.29, 0.717) is 6.54 Å². The second-order valence-corrected chi connectivity index (χ2v) is 5.81. The molecule has 0 aliphatic carbocycles. The van der Waals surface area contributed by atoms with Crippen molar-refractivity contribution >= 4 is 15.7 Å². The largest absolute Gasteiger partial charge is 0.399 e. The van der Waals surface area contributed by atoms with E-state index < -0.39 is 26.6 Å². The molecule has 1 aromatic carbocycles. The van der Waals surface area contributed by atoms with Gasteiger partial charge in [-0.25, -0.2) is 21.9 Å². The van der Waals surface area contributed by atoms with E-state index in [4.69, 9.17) is 5.73 Å². The molecule has 1 aromatic rings. The van der Waals surface area contributed by atoms with Crippen LogP contribution in [0.4, 0.5) is 14.5 Å². The fourth-order valence-corrected chi connectivity index (χ4v) is 2.57. The number of nitrogens with two attached hydrogens (primary N) is 1. The minimum absolute atomic E-state index is 0.0654. The summed E-state index contributed by atoms with van der Waals surface area (Å²) >= 11 is 0. The summed E-state index contributed by atoms with van der Waals surface area (Å²) in [5, 5.41) is 0. The Morgan fingerprint density at radius 3 is 2.32 bits per heavy atom. The van der Waals surface area contributed by atoms with Gasteiger partial charge in [-0.3, -0.25) is 0 Å². The van der Waals surface area contributed by atoms with Crippen molar-refractivity contribution in [3.63, 3.8) is 0 Å². The number of anilines is 1. The van der Waals surface area contributed by atoms with Gasteiger partial charge in [0.15, 0.2) is 4.90 Å². The molecule has 0 fully saturated rings. The van der Waals surface area contributed by atoms with E-state index in [2.05, 4.69) is 4.72 Å². The molecule has 0 unspecified atom stereocenters. The fourth-order valence-electron chi connectivity index (χ4n) is 1.44. The summed E-state index contributed by atoms with van der Waals surface area (Å²) in [5.41, 5.74) is 5.06. The molecule has 0 atom stereocenters. The van der Waals surface area contributed by atoms with Gasteiger partial charge in [-0.15, -0.1) is 0 Å². The first kappa shape index (κ1) is 15.8. The molecule has 8 heteroatoms. The Balaban J connectivity index is 2.89. The monoisotopic (exact) mass is 293 g/mol. The van der Waals surface area contributed by atoms with Crippen molar-refractivity contribution in [2.75, 3.05) is 32.4 Å². The van der Waals surface area contributed by atoms with E-state index in [1.165, 1.54) is 0 Å². The highest BCUT2D eigenvalue weighted by atomic mass is 32.2. The van der Waals surface area contributed by atoms with Crippen LogP contribution >= 0.6 is 0 Å². The molecule has 0 spiro atoms. The predicted molar refractivity (Wildman–Crippen MR) is 69.1 cm³/mol. The van der Waals surface area contributed by atoms with Crippen LogP contribution in [-0.2, 0) is 10.0 Å². The van der Waals surface area contributed by atoms with Crippen molar-refractivity contribution in [2.24, 2.45) is 0 Å². The van der Waals surface area contributed by atoms with Crippen LogP contribution in [0.25, 0.3) is 0 Å². The van der Waals surface area contributed by atoms with Gasteiger partial charge in [-0.2, -0.15) is 0 Å². The Bertz CT molecular complexity index is 526. The number of nitrogens with zero attached hydrogens (tertiary/aromatic N) is 1. The van der Waals surface area contributed by atoms with Crippen LogP contribution in [0.15, 0.2) is 17.0 Å². The third kappa shape index (κ3) is 4.12. The highest BCUT2D eigenvalue weighted by Crippen LogP contribution is 2.21. The number of nitrogens with one attached hydrogen (secondary N) is 1. The summed E-state index contributed by atoms with van der Waals surface area (Å²) in [5.74, 6) is -2.40. The van der Waals surface area contributed by atoms with Gasteiger partial charge in [-0.05, 0) is 25.7 Å². The van der Waals surface area contributed by atoms with Gasteiger partial charge >= 0.3 is 0 Å². The summed E-state index contributed by atoms with van der Waals surface area (Å²) < 4.78 is 52.8. The summed E-state index contributed by atoms with van der Waals surface area (Å²) in [6, 6.07) is 1.55. The van der Waals surface area contributed by atoms with E-state index in [9.17, 15) is 17.2 Å². The lowest BCUT2D eigenvalue weighted by Crippen LogP contribution is -2.33. The van der Waals surface area contributed by atoms with Crippen LogP contribution in [0.5, 0.6) is 0 Å². The maximum Gasteiger partial charge on any atom is 0.246 e. The van der Waals surface area contributed by atoms with Gasteiger partial charge in [0.1, 0.15) is 11.6 Å². The van der Waals surface area contributed by atoms with Crippen molar-refractivity contribution in [3.05, 3.63) is 23.8 Å². The van der Waals surface area contributed by atoms with Crippen molar-refractivity contribution in [1.82, 2.24) is 9.62 Å². The maximum atomic E-state index is 13.5. The van der Waals surface area contributed by atoms with Crippen LogP contribution in [0, 0.1) is 11.6 Å². The lowest BCUT2D eigenvalue weighted by molar-refractivity contribution is 0.357. The molecule has 0 aromatic heterocycles. The van der Waals surface area contributed by atoms with Crippen LogP contribution < -0.4 is 10.5 Å². The van der Waals surface area contributed by atoms with Crippen LogP contribution in [0.2, 0.25) is 0 Å². The summed E-state index contributed by atoms with van der Waals surface area (Å²) in [6.07, 6.45) is 0. The van der Waals surface area contributed by atoms with Crippen molar-refractivity contribution < 1.29 is 17.2 Å². The third-order valence-electron chi connectivity index (χ3n) is 2.61. The minimum Gasteiger partial charge on any atom is -0.399 e. The number of benzene rings is 1. The molecule has 1 rings (SSSR count). The molecule has 0 aliphatic rings. The molecule has 19 heavy (non-hydrogen) atoms. The normalized spacial score (nSPS) is 12.1. The van der Waals surface area contributed by atoms with E-state index in [0.717, 1.165) is 18.7 Å². The zero-order chi connectivity index (χ0) is 14.6. The first-order valence-corrected chi connectivity index (χ1v) is 7.19. The third-order valence-corrected chi connectivity index (χ3v) is 4.13. The molecule has 0 aliphatic heterocycles. The lowest BCUT2D eigenvalue weighted by atomic mass is 10.3. The summed E-state index contributed by atoms with van der Waals surface area (Å²) in [6.45, 7) is 3.16. The van der Waals surface area contributed by atoms with E-state index in [-0.39, 0.29) is 12.2 Å². The van der Waals surface area contributed by atoms with E-state index in [1.807, 2.05) is 11.8 Å². The molecule has 108 valence electrons. The average Bonchev–Trinajstić information content (AvgIpc) is 2.26. The molecule has 5 nitrogen and oxygen atoms in total. The number of hydrogen-bond acceptors (Lipinski definition) is 4. The maximum absolute atomic E-state index is 13.5. The Labute approximate surface area is 111 Å². The average molecular weight is 293 g/mol. The molecule has 0 heterocycles. The SMILES string of the molecule is CCN(C)CCNS(=O)(=O)c1c(F)cc(N)cc1F. The zero-order valence-electron chi connectivity index (χ0n) is 10.8. The highest BCUT2D eigenvalue weighted by molar-refractivity contribution is 7.89. The number of halogens is 2. The molecule has 0 bridgehead atoms. The van der Waals surface area contributed by atoms with Gasteiger partial charge in [0.05, 0.1) is 0 Å². The Morgan fingerprint density at radius 1 is 1.32 bits per heavy atom. The smallest absolute Gasteiger partial charge is 0.246 e. The predicted octanol–water partition coefficient (Wildman–Crippen LogP) is 0.777. The zero-order valence-corrected chi connectivity index (χ0v) is 11.6. The van der Waals surface area contributed by atoms with Crippen LogP contribution in [-0.4, -0.2) is 40.0 Å². The van der Waals surface area contributed by atoms with Gasteiger partial charge in [0, 0.05) is 18.8 Å². The Kier molecular flexibility index (Phi) is 5.21. The van der Waals surface area contributed by atoms with Crippen LogP contribution in [0.1, 0.15) is 6.92 Å².